The summed E-state index contributed by atoms with van der Waals surface area (Å²) in [5.41, 5.74) is 3.95. The van der Waals surface area contributed by atoms with Crippen LogP contribution in [0.1, 0.15) is 36.8 Å². The summed E-state index contributed by atoms with van der Waals surface area (Å²) < 4.78 is 0. The van der Waals surface area contributed by atoms with Gasteiger partial charge in [0.1, 0.15) is 5.84 Å². The first-order valence-corrected chi connectivity index (χ1v) is 11.7. The molecular formula is C25H31ClN4. The quantitative estimate of drug-likeness (QED) is 0.750. The first-order valence-electron chi connectivity index (χ1n) is 11.3. The van der Waals surface area contributed by atoms with Crippen LogP contribution in [0.3, 0.4) is 0 Å². The number of halogens is 1. The topological polar surface area (TPSA) is 39.7 Å². The largest absolute Gasteiger partial charge is 0.343 e. The second-order valence-electron chi connectivity index (χ2n) is 9.05. The van der Waals surface area contributed by atoms with Gasteiger partial charge < -0.3 is 10.6 Å². The van der Waals surface area contributed by atoms with Crippen molar-refractivity contribution < 1.29 is 0 Å². The molecule has 0 aromatic heterocycles. The van der Waals surface area contributed by atoms with Crippen LogP contribution in [0.4, 0.5) is 5.69 Å². The number of amidine groups is 1. The predicted molar refractivity (Wildman–Crippen MR) is 125 cm³/mol. The van der Waals surface area contributed by atoms with E-state index in [1.54, 1.807) is 0 Å². The van der Waals surface area contributed by atoms with Gasteiger partial charge in [-0.25, -0.2) is 0 Å². The van der Waals surface area contributed by atoms with Crippen molar-refractivity contribution in [2.75, 3.05) is 31.5 Å². The molecule has 0 radical (unpaired) electrons. The number of nitrogens with zero attached hydrogens (tertiary/aromatic N) is 2. The number of fused-ring (bicyclic) bond motifs is 1. The highest BCUT2D eigenvalue weighted by atomic mass is 35.5. The fourth-order valence-electron chi connectivity index (χ4n) is 5.50. The van der Waals surface area contributed by atoms with Crippen molar-refractivity contribution in [3.8, 4) is 0 Å². The van der Waals surface area contributed by atoms with Crippen LogP contribution in [0.5, 0.6) is 0 Å². The molecule has 2 aromatic carbocycles. The van der Waals surface area contributed by atoms with E-state index in [2.05, 4.69) is 45.9 Å². The molecule has 1 aliphatic carbocycles. The van der Waals surface area contributed by atoms with Crippen molar-refractivity contribution in [3.05, 3.63) is 64.7 Å². The minimum Gasteiger partial charge on any atom is -0.343 e. The van der Waals surface area contributed by atoms with E-state index in [0.717, 1.165) is 30.6 Å². The maximum absolute atomic E-state index is 6.19. The van der Waals surface area contributed by atoms with E-state index in [4.69, 9.17) is 16.6 Å². The molecule has 0 unspecified atom stereocenters. The highest BCUT2D eigenvalue weighted by molar-refractivity contribution is 6.30. The molecule has 30 heavy (non-hydrogen) atoms. The van der Waals surface area contributed by atoms with Crippen LogP contribution in [0.2, 0.25) is 5.02 Å². The number of aliphatic imine (C=N–C) groups is 1. The van der Waals surface area contributed by atoms with Crippen LogP contribution in [0.25, 0.3) is 0 Å². The maximum Gasteiger partial charge on any atom is 0.108 e. The number of rotatable bonds is 3. The SMILES string of the molecule is Clc1cccc(CN=C2Nc3ccccc3CC23CCC(N2CCNCC2)CC3)c1. The maximum atomic E-state index is 6.19. The zero-order valence-electron chi connectivity index (χ0n) is 17.5. The Morgan fingerprint density at radius 1 is 1.03 bits per heavy atom. The van der Waals surface area contributed by atoms with Crippen molar-refractivity contribution >= 4 is 23.1 Å². The summed E-state index contributed by atoms with van der Waals surface area (Å²) in [5.74, 6) is 1.18. The predicted octanol–water partition coefficient (Wildman–Crippen LogP) is 4.74. The Morgan fingerprint density at radius 3 is 2.63 bits per heavy atom. The van der Waals surface area contributed by atoms with Crippen LogP contribution in [-0.4, -0.2) is 43.0 Å². The van der Waals surface area contributed by atoms with E-state index < -0.39 is 0 Å². The Balaban J connectivity index is 1.38. The first kappa shape index (κ1) is 20.0. The second-order valence-corrected chi connectivity index (χ2v) is 9.49. The van der Waals surface area contributed by atoms with Gasteiger partial charge in [0.05, 0.1) is 6.54 Å². The van der Waals surface area contributed by atoms with Gasteiger partial charge in [-0.05, 0) is 61.4 Å². The van der Waals surface area contributed by atoms with Gasteiger partial charge in [-0.3, -0.25) is 9.89 Å². The van der Waals surface area contributed by atoms with Gasteiger partial charge in [-0.2, -0.15) is 0 Å². The molecule has 0 bridgehead atoms. The number of anilines is 1. The standard InChI is InChI=1S/C25H31ClN4/c26-21-6-3-4-19(16-21)18-28-24-25(17-20-5-1-2-7-23(20)29-24)10-8-22(9-11-25)30-14-12-27-13-15-30/h1-7,16,22,27H,8-15,17-18H2,(H,28,29). The van der Waals surface area contributed by atoms with E-state index in [1.165, 1.54) is 61.4 Å². The second kappa shape index (κ2) is 8.70. The van der Waals surface area contributed by atoms with Gasteiger partial charge in [0.2, 0.25) is 0 Å². The lowest BCUT2D eigenvalue weighted by Crippen LogP contribution is -2.52. The number of para-hydroxylation sites is 1. The third-order valence-corrected chi connectivity index (χ3v) is 7.43. The molecule has 0 amide bonds. The van der Waals surface area contributed by atoms with Gasteiger partial charge >= 0.3 is 0 Å². The highest BCUT2D eigenvalue weighted by Crippen LogP contribution is 2.46. The fraction of sp³-hybridized carbons (Fsp3) is 0.480. The summed E-state index contributed by atoms with van der Waals surface area (Å²) in [6.07, 6.45) is 6.04. The molecule has 3 aliphatic rings. The molecule has 2 fully saturated rings. The fourth-order valence-corrected chi connectivity index (χ4v) is 5.71. The summed E-state index contributed by atoms with van der Waals surface area (Å²) in [6.45, 7) is 5.31. The molecule has 5 heteroatoms. The van der Waals surface area contributed by atoms with Crippen molar-refractivity contribution in [2.45, 2.75) is 44.7 Å². The lowest BCUT2D eigenvalue weighted by molar-refractivity contribution is 0.106. The Morgan fingerprint density at radius 2 is 1.83 bits per heavy atom. The van der Waals surface area contributed by atoms with Crippen molar-refractivity contribution in [1.29, 1.82) is 0 Å². The smallest absolute Gasteiger partial charge is 0.108 e. The summed E-state index contributed by atoms with van der Waals surface area (Å²) in [5, 5.41) is 7.99. The van der Waals surface area contributed by atoms with Crippen LogP contribution in [0.15, 0.2) is 53.5 Å². The minimum atomic E-state index is 0.136. The summed E-state index contributed by atoms with van der Waals surface area (Å²) in [7, 11) is 0. The molecule has 0 atom stereocenters. The summed E-state index contributed by atoms with van der Waals surface area (Å²) >= 11 is 6.19. The normalized spacial score (nSPS) is 28.3. The third kappa shape index (κ3) is 4.14. The Hall–Kier alpha value is -1.88. The third-order valence-electron chi connectivity index (χ3n) is 7.19. The van der Waals surface area contributed by atoms with Crippen molar-refractivity contribution in [3.63, 3.8) is 0 Å². The van der Waals surface area contributed by atoms with Crippen LogP contribution in [-0.2, 0) is 13.0 Å². The van der Waals surface area contributed by atoms with Gasteiger partial charge in [-0.1, -0.05) is 41.9 Å². The molecular weight excluding hydrogens is 392 g/mol. The van der Waals surface area contributed by atoms with Gasteiger partial charge in [0, 0.05) is 48.3 Å². The Bertz CT molecular complexity index is 911. The zero-order chi connectivity index (χ0) is 20.4. The number of nitrogens with one attached hydrogen (secondary N) is 2. The van der Waals surface area contributed by atoms with Crippen LogP contribution in [0, 0.1) is 5.41 Å². The average molecular weight is 423 g/mol. The Labute approximate surface area is 184 Å². The number of hydrogen-bond acceptors (Lipinski definition) is 3. The number of benzene rings is 2. The molecule has 2 N–H and O–H groups in total. The van der Waals surface area contributed by atoms with Gasteiger partial charge in [0.25, 0.3) is 0 Å². The molecule has 1 saturated heterocycles. The molecule has 2 aromatic rings. The average Bonchev–Trinajstić information content (AvgIpc) is 2.79. The zero-order valence-corrected chi connectivity index (χ0v) is 18.3. The number of hydrogen-bond donors (Lipinski definition) is 2. The molecule has 5 rings (SSSR count). The lowest BCUT2D eigenvalue weighted by Gasteiger charge is -2.47. The summed E-state index contributed by atoms with van der Waals surface area (Å²) in [6, 6.07) is 17.5. The molecule has 1 spiro atoms. The van der Waals surface area contributed by atoms with Gasteiger partial charge in [0.15, 0.2) is 0 Å². The summed E-state index contributed by atoms with van der Waals surface area (Å²) in [4.78, 5) is 7.84. The van der Waals surface area contributed by atoms with Crippen molar-refractivity contribution in [1.82, 2.24) is 10.2 Å². The molecule has 2 heterocycles. The van der Waals surface area contributed by atoms with E-state index in [1.807, 2.05) is 18.2 Å². The van der Waals surface area contributed by atoms with E-state index >= 15 is 0 Å². The van der Waals surface area contributed by atoms with Crippen molar-refractivity contribution in [2.24, 2.45) is 10.4 Å². The molecule has 2 aliphatic heterocycles. The molecule has 158 valence electrons. The van der Waals surface area contributed by atoms with Crippen LogP contribution >= 0.6 is 11.6 Å². The minimum absolute atomic E-state index is 0.136. The number of piperazine rings is 1. The van der Waals surface area contributed by atoms with E-state index in [9.17, 15) is 0 Å². The first-order chi connectivity index (χ1) is 14.7. The lowest BCUT2D eigenvalue weighted by atomic mass is 9.66. The van der Waals surface area contributed by atoms with E-state index in [0.29, 0.717) is 6.54 Å². The van der Waals surface area contributed by atoms with E-state index in [-0.39, 0.29) is 5.41 Å². The molecule has 1 saturated carbocycles. The Kier molecular flexibility index (Phi) is 5.81. The monoisotopic (exact) mass is 422 g/mol. The van der Waals surface area contributed by atoms with Gasteiger partial charge in [-0.15, -0.1) is 0 Å². The molecule has 4 nitrogen and oxygen atoms in total. The highest BCUT2D eigenvalue weighted by Gasteiger charge is 2.43. The van der Waals surface area contributed by atoms with Crippen LogP contribution < -0.4 is 10.6 Å².